The van der Waals surface area contributed by atoms with Crippen molar-refractivity contribution in [1.29, 1.82) is 0 Å². The van der Waals surface area contributed by atoms with Gasteiger partial charge in [-0.25, -0.2) is 9.18 Å². The Morgan fingerprint density at radius 2 is 1.60 bits per heavy atom. The van der Waals surface area contributed by atoms with Crippen molar-refractivity contribution in [2.75, 3.05) is 44.8 Å². The smallest absolute Gasteiger partial charge is 0.409 e. The molecule has 0 saturated carbocycles. The monoisotopic (exact) mass is 483 g/mol. The van der Waals surface area contributed by atoms with Crippen molar-refractivity contribution in [3.8, 4) is 5.75 Å². The van der Waals surface area contributed by atoms with Crippen molar-refractivity contribution < 1.29 is 28.2 Å². The molecule has 0 aromatic heterocycles. The summed E-state index contributed by atoms with van der Waals surface area (Å²) in [5, 5.41) is 0. The van der Waals surface area contributed by atoms with Crippen LogP contribution in [0.15, 0.2) is 48.5 Å². The minimum atomic E-state index is -0.583. The van der Waals surface area contributed by atoms with Crippen molar-refractivity contribution in [3.05, 3.63) is 59.9 Å². The van der Waals surface area contributed by atoms with Crippen LogP contribution in [-0.4, -0.2) is 67.6 Å². The quantitative estimate of drug-likeness (QED) is 0.649. The fourth-order valence-corrected chi connectivity index (χ4v) is 4.80. The Hall–Kier alpha value is -3.62. The second kappa shape index (κ2) is 10.8. The molecule has 2 aliphatic heterocycles. The van der Waals surface area contributed by atoms with Gasteiger partial charge in [-0.1, -0.05) is 12.1 Å². The van der Waals surface area contributed by atoms with Crippen LogP contribution in [0.4, 0.5) is 14.9 Å². The van der Waals surface area contributed by atoms with Gasteiger partial charge in [0, 0.05) is 38.3 Å². The van der Waals surface area contributed by atoms with E-state index < -0.39 is 12.0 Å². The fraction of sp³-hybridized carbons (Fsp3) is 0.423. The third kappa shape index (κ3) is 5.23. The van der Waals surface area contributed by atoms with Crippen molar-refractivity contribution in [3.63, 3.8) is 0 Å². The van der Waals surface area contributed by atoms with E-state index in [-0.39, 0.29) is 30.1 Å². The Balaban J connectivity index is 1.62. The normalized spacial score (nSPS) is 20.5. The lowest BCUT2D eigenvalue weighted by atomic mass is 9.82. The van der Waals surface area contributed by atoms with Gasteiger partial charge < -0.3 is 24.2 Å². The number of amides is 3. The van der Waals surface area contributed by atoms with Gasteiger partial charge in [-0.2, -0.15) is 0 Å². The predicted octanol–water partition coefficient (Wildman–Crippen LogP) is 3.62. The SMILES string of the molecule is CCOC(=O)N1CCN(C(=O)[C@H]2CCC(=O)N(c3ccc(OC)cc3)[C@@H]2c2ccc(F)cc2)CC1. The van der Waals surface area contributed by atoms with Crippen molar-refractivity contribution in [2.45, 2.75) is 25.8 Å². The number of methoxy groups -OCH3 is 1. The summed E-state index contributed by atoms with van der Waals surface area (Å²) in [6, 6.07) is 12.5. The number of benzene rings is 2. The molecule has 2 aliphatic rings. The Kier molecular flexibility index (Phi) is 7.53. The number of anilines is 1. The molecular weight excluding hydrogens is 453 g/mol. The first-order valence-corrected chi connectivity index (χ1v) is 11.8. The molecular formula is C26H30FN3O5. The molecule has 2 fully saturated rings. The number of rotatable bonds is 5. The number of halogens is 1. The highest BCUT2D eigenvalue weighted by atomic mass is 19.1. The number of hydrogen-bond acceptors (Lipinski definition) is 5. The number of nitrogens with zero attached hydrogens (tertiary/aromatic N) is 3. The molecule has 2 atom stereocenters. The van der Waals surface area contributed by atoms with E-state index in [0.717, 1.165) is 0 Å². The summed E-state index contributed by atoms with van der Waals surface area (Å²) in [6.07, 6.45) is 0.241. The molecule has 186 valence electrons. The first-order chi connectivity index (χ1) is 16.9. The van der Waals surface area contributed by atoms with E-state index in [1.165, 1.54) is 12.1 Å². The van der Waals surface area contributed by atoms with Crippen LogP contribution in [0.5, 0.6) is 5.75 Å². The number of piperidine rings is 1. The van der Waals surface area contributed by atoms with E-state index in [1.54, 1.807) is 65.1 Å². The van der Waals surface area contributed by atoms with Crippen LogP contribution in [0.3, 0.4) is 0 Å². The molecule has 0 aliphatic carbocycles. The molecule has 2 aromatic rings. The molecule has 9 heteroatoms. The summed E-state index contributed by atoms with van der Waals surface area (Å²) >= 11 is 0. The summed E-state index contributed by atoms with van der Waals surface area (Å²) in [7, 11) is 1.57. The summed E-state index contributed by atoms with van der Waals surface area (Å²) in [4.78, 5) is 43.9. The van der Waals surface area contributed by atoms with Gasteiger partial charge in [-0.3, -0.25) is 9.59 Å². The number of carbonyl (C=O) groups excluding carboxylic acids is 3. The molecule has 0 unspecified atom stereocenters. The molecule has 0 spiro atoms. The Morgan fingerprint density at radius 3 is 2.20 bits per heavy atom. The topological polar surface area (TPSA) is 79.4 Å². The highest BCUT2D eigenvalue weighted by Gasteiger charge is 2.43. The molecule has 3 amide bonds. The van der Waals surface area contributed by atoms with Crippen LogP contribution in [-0.2, 0) is 14.3 Å². The number of hydrogen-bond donors (Lipinski definition) is 0. The molecule has 0 N–H and O–H groups in total. The third-order valence-corrected chi connectivity index (χ3v) is 6.59. The molecule has 2 aromatic carbocycles. The lowest BCUT2D eigenvalue weighted by Crippen LogP contribution is -2.55. The standard InChI is InChI=1S/C26H30FN3O5/c1-3-35-26(33)29-16-14-28(15-17-29)25(32)22-12-13-23(31)30(20-8-10-21(34-2)11-9-20)24(22)18-4-6-19(27)7-5-18/h4-11,22,24H,3,12-17H2,1-2H3/t22-,24+/m0/s1. The predicted molar refractivity (Wildman–Crippen MR) is 128 cm³/mol. The maximum atomic E-state index is 13.7. The summed E-state index contributed by atoms with van der Waals surface area (Å²) in [5.74, 6) is -0.405. The van der Waals surface area contributed by atoms with Gasteiger partial charge in [0.2, 0.25) is 11.8 Å². The summed E-state index contributed by atoms with van der Waals surface area (Å²) in [5.41, 5.74) is 1.34. The zero-order chi connectivity index (χ0) is 24.9. The van der Waals surface area contributed by atoms with Gasteiger partial charge in [-0.15, -0.1) is 0 Å². The van der Waals surface area contributed by atoms with E-state index in [0.29, 0.717) is 56.2 Å². The van der Waals surface area contributed by atoms with E-state index >= 15 is 0 Å². The fourth-order valence-electron chi connectivity index (χ4n) is 4.80. The van der Waals surface area contributed by atoms with Gasteiger partial charge in [-0.05, 0) is 55.3 Å². The number of carbonyl (C=O) groups is 3. The Labute approximate surface area is 204 Å². The largest absolute Gasteiger partial charge is 0.497 e. The van der Waals surface area contributed by atoms with Crippen molar-refractivity contribution >= 4 is 23.6 Å². The van der Waals surface area contributed by atoms with E-state index in [1.807, 2.05) is 0 Å². The highest BCUT2D eigenvalue weighted by molar-refractivity contribution is 5.97. The van der Waals surface area contributed by atoms with Crippen LogP contribution in [0.1, 0.15) is 31.4 Å². The Bertz CT molecular complexity index is 1050. The first kappa shape index (κ1) is 24.5. The lowest BCUT2D eigenvalue weighted by molar-refractivity contribution is -0.140. The van der Waals surface area contributed by atoms with Crippen LogP contribution in [0, 0.1) is 11.7 Å². The van der Waals surface area contributed by atoms with Crippen LogP contribution < -0.4 is 9.64 Å². The second-order valence-corrected chi connectivity index (χ2v) is 8.61. The highest BCUT2D eigenvalue weighted by Crippen LogP contribution is 2.41. The third-order valence-electron chi connectivity index (χ3n) is 6.59. The van der Waals surface area contributed by atoms with Gasteiger partial charge in [0.1, 0.15) is 11.6 Å². The van der Waals surface area contributed by atoms with E-state index in [9.17, 15) is 18.8 Å². The Morgan fingerprint density at radius 1 is 0.971 bits per heavy atom. The molecule has 35 heavy (non-hydrogen) atoms. The summed E-state index contributed by atoms with van der Waals surface area (Å²) < 4.78 is 24.0. The van der Waals surface area contributed by atoms with E-state index in [4.69, 9.17) is 9.47 Å². The molecule has 0 radical (unpaired) electrons. The van der Waals surface area contributed by atoms with Crippen LogP contribution >= 0.6 is 0 Å². The zero-order valence-corrected chi connectivity index (χ0v) is 20.0. The minimum Gasteiger partial charge on any atom is -0.497 e. The number of ether oxygens (including phenoxy) is 2. The lowest BCUT2D eigenvalue weighted by Gasteiger charge is -2.43. The average Bonchev–Trinajstić information content (AvgIpc) is 2.89. The first-order valence-electron chi connectivity index (χ1n) is 11.8. The van der Waals surface area contributed by atoms with Gasteiger partial charge in [0.05, 0.1) is 25.7 Å². The average molecular weight is 484 g/mol. The van der Waals surface area contributed by atoms with Crippen LogP contribution in [0.25, 0.3) is 0 Å². The summed E-state index contributed by atoms with van der Waals surface area (Å²) in [6.45, 7) is 3.61. The van der Waals surface area contributed by atoms with Crippen LogP contribution in [0.2, 0.25) is 0 Å². The van der Waals surface area contributed by atoms with Gasteiger partial charge >= 0.3 is 6.09 Å². The second-order valence-electron chi connectivity index (χ2n) is 8.61. The van der Waals surface area contributed by atoms with Gasteiger partial charge in [0.25, 0.3) is 0 Å². The van der Waals surface area contributed by atoms with Gasteiger partial charge in [0.15, 0.2) is 0 Å². The van der Waals surface area contributed by atoms with E-state index in [2.05, 4.69) is 0 Å². The molecule has 2 saturated heterocycles. The van der Waals surface area contributed by atoms with Crippen molar-refractivity contribution in [1.82, 2.24) is 9.80 Å². The molecule has 4 rings (SSSR count). The van der Waals surface area contributed by atoms with Crippen molar-refractivity contribution in [2.24, 2.45) is 5.92 Å². The minimum absolute atomic E-state index is 0.0751. The molecule has 8 nitrogen and oxygen atoms in total. The zero-order valence-electron chi connectivity index (χ0n) is 20.0. The molecule has 2 heterocycles. The number of piperazine rings is 1. The maximum absolute atomic E-state index is 13.7. The molecule has 0 bridgehead atoms. The maximum Gasteiger partial charge on any atom is 0.409 e.